The van der Waals surface area contributed by atoms with Gasteiger partial charge in [0.25, 0.3) is 0 Å². The fraction of sp³-hybridized carbons (Fsp3) is 0.375. The summed E-state index contributed by atoms with van der Waals surface area (Å²) in [6, 6.07) is 7.39. The first-order valence-corrected chi connectivity index (χ1v) is 7.35. The number of hydrogen-bond donors (Lipinski definition) is 1. The molecular weight excluding hydrogens is 275 g/mol. The predicted molar refractivity (Wildman–Crippen MR) is 81.7 cm³/mol. The Labute approximate surface area is 124 Å². The molecular formula is C16H20ClFN2. The van der Waals surface area contributed by atoms with E-state index in [0.29, 0.717) is 12.6 Å². The minimum Gasteiger partial charge on any atom is -0.350 e. The Morgan fingerprint density at radius 2 is 2.10 bits per heavy atom. The van der Waals surface area contributed by atoms with Crippen LogP contribution < -0.4 is 5.32 Å². The normalized spacial score (nSPS) is 12.6. The predicted octanol–water partition coefficient (Wildman–Crippen LogP) is 4.39. The second kappa shape index (κ2) is 6.91. The average Bonchev–Trinajstić information content (AvgIpc) is 2.89. The summed E-state index contributed by atoms with van der Waals surface area (Å²) in [4.78, 5) is 0. The topological polar surface area (TPSA) is 17.0 Å². The van der Waals surface area contributed by atoms with Gasteiger partial charge >= 0.3 is 0 Å². The van der Waals surface area contributed by atoms with Gasteiger partial charge in [-0.3, -0.25) is 0 Å². The zero-order valence-electron chi connectivity index (χ0n) is 11.9. The molecule has 0 aliphatic heterocycles. The third kappa shape index (κ3) is 3.41. The van der Waals surface area contributed by atoms with E-state index in [2.05, 4.69) is 31.4 Å². The van der Waals surface area contributed by atoms with Crippen LogP contribution in [0.5, 0.6) is 0 Å². The average molecular weight is 295 g/mol. The summed E-state index contributed by atoms with van der Waals surface area (Å²) in [5, 5.41) is 3.66. The molecule has 0 saturated heterocycles. The second-order valence-corrected chi connectivity index (χ2v) is 5.23. The minimum atomic E-state index is -0.365. The second-order valence-electron chi connectivity index (χ2n) is 4.85. The zero-order chi connectivity index (χ0) is 14.5. The minimum absolute atomic E-state index is 0.210. The molecule has 0 radical (unpaired) electrons. The maximum absolute atomic E-state index is 13.4. The molecule has 1 N–H and O–H groups in total. The van der Waals surface area contributed by atoms with Crippen LogP contribution in [-0.2, 0) is 6.54 Å². The van der Waals surface area contributed by atoms with E-state index in [9.17, 15) is 4.39 Å². The van der Waals surface area contributed by atoms with E-state index >= 15 is 0 Å². The largest absolute Gasteiger partial charge is 0.350 e. The molecule has 0 spiro atoms. The monoisotopic (exact) mass is 294 g/mol. The standard InChI is InChI=1S/C16H20ClFN2/c1-3-15(19-4-2)12-8-9-20(10-12)11-13-6-5-7-14(18)16(13)17/h5-10,15,19H,3-4,11H2,1-2H3. The lowest BCUT2D eigenvalue weighted by molar-refractivity contribution is 0.536. The molecule has 108 valence electrons. The smallest absolute Gasteiger partial charge is 0.142 e. The van der Waals surface area contributed by atoms with E-state index in [1.165, 1.54) is 11.6 Å². The Bertz CT molecular complexity index is 565. The number of nitrogens with zero attached hydrogens (tertiary/aromatic N) is 1. The van der Waals surface area contributed by atoms with Gasteiger partial charge in [-0.05, 0) is 36.2 Å². The number of nitrogens with one attached hydrogen (secondary N) is 1. The summed E-state index contributed by atoms with van der Waals surface area (Å²) in [5.74, 6) is -0.365. The SMILES string of the molecule is CCNC(CC)c1ccn(Cc2cccc(F)c2Cl)c1. The Morgan fingerprint density at radius 3 is 2.80 bits per heavy atom. The molecule has 0 saturated carbocycles. The maximum atomic E-state index is 13.4. The van der Waals surface area contributed by atoms with Gasteiger partial charge in [0, 0.05) is 25.0 Å². The van der Waals surface area contributed by atoms with Crippen molar-refractivity contribution in [2.45, 2.75) is 32.9 Å². The highest BCUT2D eigenvalue weighted by Crippen LogP contribution is 2.22. The van der Waals surface area contributed by atoms with Crippen LogP contribution in [0.25, 0.3) is 0 Å². The fourth-order valence-electron chi connectivity index (χ4n) is 2.38. The molecule has 20 heavy (non-hydrogen) atoms. The lowest BCUT2D eigenvalue weighted by atomic mass is 10.1. The van der Waals surface area contributed by atoms with Crippen LogP contribution in [-0.4, -0.2) is 11.1 Å². The molecule has 2 nitrogen and oxygen atoms in total. The molecule has 2 rings (SSSR count). The van der Waals surface area contributed by atoms with E-state index in [1.807, 2.05) is 16.8 Å². The molecule has 1 heterocycles. The lowest BCUT2D eigenvalue weighted by Crippen LogP contribution is -2.19. The van der Waals surface area contributed by atoms with Crippen molar-refractivity contribution in [2.75, 3.05) is 6.54 Å². The van der Waals surface area contributed by atoms with Gasteiger partial charge in [0.15, 0.2) is 0 Å². The third-order valence-electron chi connectivity index (χ3n) is 3.42. The first kappa shape index (κ1) is 15.1. The van der Waals surface area contributed by atoms with E-state index < -0.39 is 0 Å². The molecule has 1 unspecified atom stereocenters. The molecule has 0 aliphatic carbocycles. The summed E-state index contributed by atoms with van der Waals surface area (Å²) >= 11 is 5.99. The highest BCUT2D eigenvalue weighted by Gasteiger charge is 2.10. The number of aromatic nitrogens is 1. The van der Waals surface area contributed by atoms with Crippen LogP contribution in [0, 0.1) is 5.82 Å². The first-order valence-electron chi connectivity index (χ1n) is 6.97. The zero-order valence-corrected chi connectivity index (χ0v) is 12.6. The summed E-state index contributed by atoms with van der Waals surface area (Å²) in [5.41, 5.74) is 2.05. The molecule has 1 atom stereocenters. The van der Waals surface area contributed by atoms with E-state index in [-0.39, 0.29) is 10.8 Å². The van der Waals surface area contributed by atoms with Crippen LogP contribution in [0.15, 0.2) is 36.7 Å². The molecule has 1 aromatic carbocycles. The van der Waals surface area contributed by atoms with Crippen LogP contribution in [0.3, 0.4) is 0 Å². The molecule has 0 amide bonds. The Kier molecular flexibility index (Phi) is 5.21. The molecule has 2 aromatic rings. The van der Waals surface area contributed by atoms with Gasteiger partial charge < -0.3 is 9.88 Å². The Morgan fingerprint density at radius 1 is 1.30 bits per heavy atom. The summed E-state index contributed by atoms with van der Waals surface area (Å²) in [7, 11) is 0. The van der Waals surface area contributed by atoms with Crippen LogP contribution in [0.1, 0.15) is 37.4 Å². The molecule has 0 aliphatic rings. The number of halogens is 2. The fourth-order valence-corrected chi connectivity index (χ4v) is 2.56. The molecule has 4 heteroatoms. The summed E-state index contributed by atoms with van der Waals surface area (Å²) in [6.45, 7) is 5.79. The van der Waals surface area contributed by atoms with Crippen molar-refractivity contribution in [1.29, 1.82) is 0 Å². The number of hydrogen-bond acceptors (Lipinski definition) is 1. The van der Waals surface area contributed by atoms with Crippen LogP contribution in [0.4, 0.5) is 4.39 Å². The number of benzene rings is 1. The third-order valence-corrected chi connectivity index (χ3v) is 3.84. The first-order chi connectivity index (χ1) is 9.65. The van der Waals surface area contributed by atoms with Gasteiger partial charge in [0.05, 0.1) is 5.02 Å². The quantitative estimate of drug-likeness (QED) is 0.836. The van der Waals surface area contributed by atoms with Gasteiger partial charge in [-0.1, -0.05) is 37.6 Å². The van der Waals surface area contributed by atoms with E-state index in [4.69, 9.17) is 11.6 Å². The van der Waals surface area contributed by atoms with Crippen molar-refractivity contribution >= 4 is 11.6 Å². The van der Waals surface area contributed by atoms with Crippen LogP contribution in [0.2, 0.25) is 5.02 Å². The van der Waals surface area contributed by atoms with Crippen molar-refractivity contribution in [3.63, 3.8) is 0 Å². The van der Waals surface area contributed by atoms with Crippen molar-refractivity contribution in [3.8, 4) is 0 Å². The Hall–Kier alpha value is -1.32. The van der Waals surface area contributed by atoms with E-state index in [0.717, 1.165) is 18.5 Å². The Balaban J connectivity index is 2.15. The molecule has 0 fully saturated rings. The van der Waals surface area contributed by atoms with Crippen LogP contribution >= 0.6 is 11.6 Å². The van der Waals surface area contributed by atoms with E-state index in [1.54, 1.807) is 6.07 Å². The highest BCUT2D eigenvalue weighted by atomic mass is 35.5. The van der Waals surface area contributed by atoms with Crippen molar-refractivity contribution < 1.29 is 4.39 Å². The van der Waals surface area contributed by atoms with Gasteiger partial charge in [0.2, 0.25) is 0 Å². The molecule has 1 aromatic heterocycles. The van der Waals surface area contributed by atoms with Gasteiger partial charge in [-0.2, -0.15) is 0 Å². The van der Waals surface area contributed by atoms with Crippen molar-refractivity contribution in [2.24, 2.45) is 0 Å². The van der Waals surface area contributed by atoms with Crippen molar-refractivity contribution in [3.05, 3.63) is 58.6 Å². The highest BCUT2D eigenvalue weighted by molar-refractivity contribution is 6.31. The summed E-state index contributed by atoms with van der Waals surface area (Å²) in [6.07, 6.45) is 5.15. The number of rotatable bonds is 6. The van der Waals surface area contributed by atoms with Gasteiger partial charge in [0.1, 0.15) is 5.82 Å². The van der Waals surface area contributed by atoms with Crippen molar-refractivity contribution in [1.82, 2.24) is 9.88 Å². The molecule has 0 bridgehead atoms. The lowest BCUT2D eigenvalue weighted by Gasteiger charge is -2.14. The van der Waals surface area contributed by atoms with Gasteiger partial charge in [-0.25, -0.2) is 4.39 Å². The summed E-state index contributed by atoms with van der Waals surface area (Å²) < 4.78 is 15.5. The maximum Gasteiger partial charge on any atom is 0.142 e. The van der Waals surface area contributed by atoms with Gasteiger partial charge in [-0.15, -0.1) is 0 Å².